The van der Waals surface area contributed by atoms with Crippen molar-refractivity contribution in [3.8, 4) is 17.5 Å². The van der Waals surface area contributed by atoms with E-state index >= 15 is 0 Å². The second-order valence-electron chi connectivity index (χ2n) is 7.87. The van der Waals surface area contributed by atoms with Crippen molar-refractivity contribution >= 4 is 21.7 Å². The molecule has 4 rings (SSSR count). The fourth-order valence-corrected chi connectivity index (χ4v) is 4.07. The van der Waals surface area contributed by atoms with Crippen LogP contribution in [-0.4, -0.2) is 9.55 Å². The minimum Gasteiger partial charge on any atom is -0.268 e. The molecular formula is C28H28N2O. The van der Waals surface area contributed by atoms with Gasteiger partial charge in [-0.15, -0.1) is 0 Å². The lowest BCUT2D eigenvalue weighted by molar-refractivity contribution is 0.787. The van der Waals surface area contributed by atoms with Crippen molar-refractivity contribution in [3.05, 3.63) is 82.4 Å². The first-order valence-corrected chi connectivity index (χ1v) is 11.3. The van der Waals surface area contributed by atoms with E-state index in [4.69, 9.17) is 0 Å². The lowest BCUT2D eigenvalue weighted by Gasteiger charge is -2.17. The van der Waals surface area contributed by atoms with Gasteiger partial charge < -0.3 is 0 Å². The molecule has 0 unspecified atom stereocenters. The van der Waals surface area contributed by atoms with E-state index < -0.39 is 0 Å². The number of pyridine rings is 2. The third-order valence-electron chi connectivity index (χ3n) is 5.69. The van der Waals surface area contributed by atoms with Crippen LogP contribution in [0, 0.1) is 11.8 Å². The normalized spacial score (nSPS) is 10.9. The summed E-state index contributed by atoms with van der Waals surface area (Å²) < 4.78 is 1.81. The summed E-state index contributed by atoms with van der Waals surface area (Å²) in [6.07, 6.45) is 7.82. The maximum atomic E-state index is 13.8. The first-order chi connectivity index (χ1) is 15.3. The number of aryl methyl sites for hydroxylation is 1. The molecule has 0 spiro atoms. The Bertz CT molecular complexity index is 1330. The summed E-state index contributed by atoms with van der Waals surface area (Å²) in [6.45, 7) is 4.36. The summed E-state index contributed by atoms with van der Waals surface area (Å²) in [4.78, 5) is 18.4. The van der Waals surface area contributed by atoms with Crippen LogP contribution in [0.5, 0.6) is 0 Å². The molecule has 3 nitrogen and oxygen atoms in total. The van der Waals surface area contributed by atoms with Crippen LogP contribution in [-0.2, 0) is 6.42 Å². The summed E-state index contributed by atoms with van der Waals surface area (Å²) in [5.41, 5.74) is 3.56. The number of fused-ring (bicyclic) bond motifs is 2. The van der Waals surface area contributed by atoms with E-state index in [1.165, 1.54) is 0 Å². The molecule has 0 saturated heterocycles. The van der Waals surface area contributed by atoms with Crippen LogP contribution in [0.2, 0.25) is 0 Å². The molecule has 3 heteroatoms. The van der Waals surface area contributed by atoms with Gasteiger partial charge in [-0.25, -0.2) is 0 Å². The Hall–Kier alpha value is -3.38. The molecule has 0 saturated carbocycles. The Morgan fingerprint density at radius 1 is 0.903 bits per heavy atom. The fourth-order valence-electron chi connectivity index (χ4n) is 4.07. The standard InChI is InChI=1S/C28H28N2O/c1-3-5-7-8-18-25-23(15-6-4-2)22-16-9-10-17-24(22)28(31)30(25)26-19-11-13-21-14-12-20-29-27(21)26/h9-14,16-17,19-20H,3-7,15H2,1-2H3. The van der Waals surface area contributed by atoms with Gasteiger partial charge in [-0.3, -0.25) is 14.3 Å². The minimum absolute atomic E-state index is 0.0335. The maximum absolute atomic E-state index is 13.8. The Labute approximate surface area is 183 Å². The smallest absolute Gasteiger partial charge is 0.264 e. The number of benzene rings is 2. The molecule has 0 aliphatic rings. The van der Waals surface area contributed by atoms with Crippen molar-refractivity contribution in [2.75, 3.05) is 0 Å². The van der Waals surface area contributed by atoms with Gasteiger partial charge >= 0.3 is 0 Å². The average Bonchev–Trinajstić information content (AvgIpc) is 2.81. The minimum atomic E-state index is -0.0335. The van der Waals surface area contributed by atoms with Gasteiger partial charge in [0.2, 0.25) is 0 Å². The molecule has 156 valence electrons. The molecule has 0 aliphatic carbocycles. The predicted molar refractivity (Wildman–Crippen MR) is 130 cm³/mol. The van der Waals surface area contributed by atoms with Crippen molar-refractivity contribution in [2.45, 2.75) is 52.4 Å². The zero-order valence-electron chi connectivity index (χ0n) is 18.3. The van der Waals surface area contributed by atoms with Crippen LogP contribution >= 0.6 is 0 Å². The van der Waals surface area contributed by atoms with E-state index in [9.17, 15) is 4.79 Å². The number of para-hydroxylation sites is 1. The highest BCUT2D eigenvalue weighted by atomic mass is 16.1. The van der Waals surface area contributed by atoms with Crippen LogP contribution < -0.4 is 5.56 Å². The summed E-state index contributed by atoms with van der Waals surface area (Å²) in [7, 11) is 0. The maximum Gasteiger partial charge on any atom is 0.264 e. The van der Waals surface area contributed by atoms with Gasteiger partial charge in [-0.1, -0.05) is 69.0 Å². The molecule has 2 heterocycles. The second-order valence-corrected chi connectivity index (χ2v) is 7.87. The van der Waals surface area contributed by atoms with Gasteiger partial charge in [0.15, 0.2) is 0 Å². The summed E-state index contributed by atoms with van der Waals surface area (Å²) >= 11 is 0. The van der Waals surface area contributed by atoms with Gasteiger partial charge in [-0.05, 0) is 54.3 Å². The molecule has 0 aliphatic heterocycles. The second kappa shape index (κ2) is 9.62. The highest BCUT2D eigenvalue weighted by Gasteiger charge is 2.18. The third-order valence-corrected chi connectivity index (χ3v) is 5.69. The van der Waals surface area contributed by atoms with Crippen LogP contribution in [0.25, 0.3) is 27.4 Å². The third kappa shape index (κ3) is 4.11. The van der Waals surface area contributed by atoms with E-state index in [2.05, 4.69) is 36.7 Å². The molecular weight excluding hydrogens is 380 g/mol. The lowest BCUT2D eigenvalue weighted by Crippen LogP contribution is -2.23. The summed E-state index contributed by atoms with van der Waals surface area (Å²) in [5, 5.41) is 2.77. The molecule has 0 bridgehead atoms. The van der Waals surface area contributed by atoms with Crippen molar-refractivity contribution in [1.82, 2.24) is 9.55 Å². The van der Waals surface area contributed by atoms with Gasteiger partial charge in [0.1, 0.15) is 5.69 Å². The van der Waals surface area contributed by atoms with Crippen molar-refractivity contribution in [3.63, 3.8) is 0 Å². The largest absolute Gasteiger partial charge is 0.268 e. The predicted octanol–water partition coefficient (Wildman–Crippen LogP) is 6.42. The number of hydrogen-bond acceptors (Lipinski definition) is 2. The van der Waals surface area contributed by atoms with Crippen LogP contribution in [0.1, 0.15) is 57.2 Å². The first-order valence-electron chi connectivity index (χ1n) is 11.3. The zero-order valence-corrected chi connectivity index (χ0v) is 18.3. The number of unbranched alkanes of at least 4 members (excludes halogenated alkanes) is 3. The van der Waals surface area contributed by atoms with Crippen molar-refractivity contribution < 1.29 is 0 Å². The topological polar surface area (TPSA) is 34.9 Å². The Balaban J connectivity index is 2.10. The molecule has 31 heavy (non-hydrogen) atoms. The molecule has 0 atom stereocenters. The van der Waals surface area contributed by atoms with Crippen LogP contribution in [0.15, 0.2) is 65.6 Å². The number of nitrogens with zero attached hydrogens (tertiary/aromatic N) is 2. The van der Waals surface area contributed by atoms with Crippen LogP contribution in [0.4, 0.5) is 0 Å². The van der Waals surface area contributed by atoms with Gasteiger partial charge in [0.25, 0.3) is 5.56 Å². The molecule has 0 fully saturated rings. The quantitative estimate of drug-likeness (QED) is 0.272. The van der Waals surface area contributed by atoms with E-state index in [-0.39, 0.29) is 5.56 Å². The Morgan fingerprint density at radius 3 is 2.48 bits per heavy atom. The van der Waals surface area contributed by atoms with Gasteiger partial charge in [-0.2, -0.15) is 0 Å². The first kappa shape index (κ1) is 20.9. The highest BCUT2D eigenvalue weighted by molar-refractivity contribution is 5.90. The van der Waals surface area contributed by atoms with Crippen LogP contribution in [0.3, 0.4) is 0 Å². The molecule has 0 amide bonds. The SMILES string of the molecule is CCCCC#Cc1c(CCCC)c2ccccc2c(=O)n1-c1cccc2cccnc12. The number of hydrogen-bond donors (Lipinski definition) is 0. The summed E-state index contributed by atoms with van der Waals surface area (Å²) in [6, 6.07) is 17.9. The van der Waals surface area contributed by atoms with E-state index in [1.54, 1.807) is 6.20 Å². The number of rotatable bonds is 6. The lowest BCUT2D eigenvalue weighted by atomic mass is 9.98. The van der Waals surface area contributed by atoms with Crippen molar-refractivity contribution in [2.24, 2.45) is 0 Å². The molecule has 2 aromatic heterocycles. The van der Waals surface area contributed by atoms with Gasteiger partial charge in [0.05, 0.1) is 11.2 Å². The number of aromatic nitrogens is 2. The molecule has 4 aromatic rings. The van der Waals surface area contributed by atoms with E-state index in [1.807, 2.05) is 53.1 Å². The monoisotopic (exact) mass is 408 g/mol. The average molecular weight is 409 g/mol. The Morgan fingerprint density at radius 2 is 1.68 bits per heavy atom. The zero-order chi connectivity index (χ0) is 21.6. The highest BCUT2D eigenvalue weighted by Crippen LogP contribution is 2.26. The molecule has 0 N–H and O–H groups in total. The van der Waals surface area contributed by atoms with Crippen molar-refractivity contribution in [1.29, 1.82) is 0 Å². The van der Waals surface area contributed by atoms with Gasteiger partial charge in [0, 0.05) is 23.4 Å². The Kier molecular flexibility index (Phi) is 6.48. The van der Waals surface area contributed by atoms with E-state index in [0.29, 0.717) is 0 Å². The fraction of sp³-hybridized carbons (Fsp3) is 0.286. The summed E-state index contributed by atoms with van der Waals surface area (Å²) in [5.74, 6) is 6.75. The molecule has 2 aromatic carbocycles. The molecule has 0 radical (unpaired) electrons. The van der Waals surface area contributed by atoms with E-state index in [0.717, 1.165) is 77.1 Å².